The third kappa shape index (κ3) is 4.97. The van der Waals surface area contributed by atoms with E-state index >= 15 is 0 Å². The van der Waals surface area contributed by atoms with Crippen LogP contribution in [-0.2, 0) is 15.3 Å². The highest BCUT2D eigenvalue weighted by Crippen LogP contribution is 2.31. The zero-order chi connectivity index (χ0) is 22.4. The van der Waals surface area contributed by atoms with E-state index in [0.717, 1.165) is 15.4 Å². The van der Waals surface area contributed by atoms with Crippen LogP contribution in [0.1, 0.15) is 24.8 Å². The molecule has 9 nitrogen and oxygen atoms in total. The Bertz CT molecular complexity index is 1180. The first-order valence-corrected chi connectivity index (χ1v) is 11.1. The van der Waals surface area contributed by atoms with E-state index in [4.69, 9.17) is 4.84 Å². The molecule has 0 radical (unpaired) electrons. The summed E-state index contributed by atoms with van der Waals surface area (Å²) in [5, 5.41) is 14.1. The molecule has 0 spiro atoms. The molecule has 1 aromatic heterocycles. The number of carbonyl (C=O) groups excluding carboxylic acids is 1. The van der Waals surface area contributed by atoms with Gasteiger partial charge in [-0.25, -0.2) is 10.1 Å². The van der Waals surface area contributed by atoms with E-state index in [9.17, 15) is 9.59 Å². The molecule has 1 atom stereocenters. The van der Waals surface area contributed by atoms with E-state index in [1.807, 2.05) is 42.5 Å². The lowest BCUT2D eigenvalue weighted by Crippen LogP contribution is -2.37. The number of H-pyrrole nitrogens is 1. The highest BCUT2D eigenvalue weighted by Gasteiger charge is 2.35. The highest BCUT2D eigenvalue weighted by molar-refractivity contribution is 9.10. The molecule has 0 fully saturated rings. The monoisotopic (exact) mass is 498 g/mol. The van der Waals surface area contributed by atoms with Gasteiger partial charge < -0.3 is 15.5 Å². The second-order valence-corrected chi connectivity index (χ2v) is 8.31. The summed E-state index contributed by atoms with van der Waals surface area (Å²) in [6, 6.07) is 15.0. The highest BCUT2D eigenvalue weighted by atomic mass is 79.9. The average molecular weight is 499 g/mol. The second-order valence-electron chi connectivity index (χ2n) is 7.40. The van der Waals surface area contributed by atoms with E-state index in [1.54, 1.807) is 6.07 Å². The van der Waals surface area contributed by atoms with Gasteiger partial charge in [-0.1, -0.05) is 46.3 Å². The Hall–Kier alpha value is -3.24. The van der Waals surface area contributed by atoms with Crippen LogP contribution in [0.25, 0.3) is 10.8 Å². The number of halogens is 1. The summed E-state index contributed by atoms with van der Waals surface area (Å²) < 4.78 is 0.968. The number of aliphatic imine (C=N–C) groups is 1. The fourth-order valence-electron chi connectivity index (χ4n) is 3.54. The summed E-state index contributed by atoms with van der Waals surface area (Å²) in [7, 11) is 0. The number of benzene rings is 2. The molecule has 32 heavy (non-hydrogen) atoms. The first-order chi connectivity index (χ1) is 15.6. The number of nitrogens with zero attached hydrogens (tertiary/aromatic N) is 2. The van der Waals surface area contributed by atoms with Gasteiger partial charge in [-0.05, 0) is 30.2 Å². The van der Waals surface area contributed by atoms with Crippen LogP contribution in [0.2, 0.25) is 0 Å². The van der Waals surface area contributed by atoms with Gasteiger partial charge >= 0.3 is 0 Å². The minimum Gasteiger partial charge on any atom is -0.394 e. The van der Waals surface area contributed by atoms with E-state index in [-0.39, 0.29) is 11.5 Å². The van der Waals surface area contributed by atoms with Gasteiger partial charge in [0, 0.05) is 35.8 Å². The SMILES string of the molecule is O=C(CCC1(c2ccc(Br)cc2)N=CON1)NCCCNc1n[nH]c(=O)c2ccccc12. The Morgan fingerprint density at radius 3 is 2.62 bits per heavy atom. The fraction of sp³-hybridized carbons (Fsp3) is 0.273. The van der Waals surface area contributed by atoms with Crippen molar-refractivity contribution in [2.45, 2.75) is 24.9 Å². The van der Waals surface area contributed by atoms with E-state index < -0.39 is 5.66 Å². The molecule has 0 aliphatic carbocycles. The van der Waals surface area contributed by atoms with Gasteiger partial charge in [-0.3, -0.25) is 9.59 Å². The number of rotatable bonds is 9. The van der Waals surface area contributed by atoms with Gasteiger partial charge in [0.05, 0.1) is 5.39 Å². The summed E-state index contributed by atoms with van der Waals surface area (Å²) in [6.07, 6.45) is 2.82. The van der Waals surface area contributed by atoms with E-state index in [0.29, 0.717) is 43.6 Å². The standard InChI is InChI=1S/C22H23BrN6O3/c23-16-8-6-15(7-9-16)22(26-14-32-29-22)11-10-19(30)24-12-3-13-25-20-17-4-1-2-5-18(17)21(31)28-27-20/h1-2,4-9,14,29H,3,10-13H2,(H,24,30)(H,25,27)(H,28,31). The molecule has 1 aliphatic rings. The molecule has 3 aromatic rings. The van der Waals surface area contributed by atoms with Crippen LogP contribution in [0, 0.1) is 0 Å². The maximum Gasteiger partial charge on any atom is 0.272 e. The summed E-state index contributed by atoms with van der Waals surface area (Å²) in [5.74, 6) is 0.561. The number of nitrogens with one attached hydrogen (secondary N) is 4. The zero-order valence-electron chi connectivity index (χ0n) is 17.2. The summed E-state index contributed by atoms with van der Waals surface area (Å²) in [4.78, 5) is 33.8. The first kappa shape index (κ1) is 22.0. The molecule has 1 aliphatic heterocycles. The van der Waals surface area contributed by atoms with Crippen molar-refractivity contribution in [1.82, 2.24) is 21.0 Å². The molecule has 0 saturated carbocycles. The maximum atomic E-state index is 12.4. The average Bonchev–Trinajstić information content (AvgIpc) is 3.30. The third-order valence-electron chi connectivity index (χ3n) is 5.25. The molecule has 4 N–H and O–H groups in total. The lowest BCUT2D eigenvalue weighted by Gasteiger charge is -2.25. The summed E-state index contributed by atoms with van der Waals surface area (Å²) in [6.45, 7) is 1.12. The predicted molar refractivity (Wildman–Crippen MR) is 126 cm³/mol. The third-order valence-corrected chi connectivity index (χ3v) is 5.78. The smallest absolute Gasteiger partial charge is 0.272 e. The Labute approximate surface area is 192 Å². The zero-order valence-corrected chi connectivity index (χ0v) is 18.8. The number of carbonyl (C=O) groups is 1. The van der Waals surface area contributed by atoms with Crippen molar-refractivity contribution >= 4 is 44.8 Å². The Kier molecular flexibility index (Phi) is 6.81. The number of aromatic nitrogens is 2. The van der Waals surface area contributed by atoms with E-state index in [1.165, 1.54) is 6.40 Å². The van der Waals surface area contributed by atoms with Gasteiger partial charge in [-0.15, -0.1) is 5.48 Å². The summed E-state index contributed by atoms with van der Waals surface area (Å²) >= 11 is 3.43. The number of hydroxylamine groups is 1. The van der Waals surface area contributed by atoms with Crippen LogP contribution < -0.4 is 21.7 Å². The van der Waals surface area contributed by atoms with Crippen LogP contribution in [0.15, 0.2) is 62.8 Å². The fourth-order valence-corrected chi connectivity index (χ4v) is 3.81. The van der Waals surface area contributed by atoms with Crippen LogP contribution in [0.4, 0.5) is 5.82 Å². The van der Waals surface area contributed by atoms with Crippen molar-refractivity contribution < 1.29 is 9.63 Å². The van der Waals surface area contributed by atoms with Gasteiger partial charge in [0.1, 0.15) is 0 Å². The number of hydrogen-bond donors (Lipinski definition) is 4. The number of amides is 1. The molecule has 166 valence electrons. The maximum absolute atomic E-state index is 12.4. The van der Waals surface area contributed by atoms with Gasteiger partial charge in [0.15, 0.2) is 17.9 Å². The lowest BCUT2D eigenvalue weighted by molar-refractivity contribution is -0.121. The molecule has 2 heterocycles. The predicted octanol–water partition coefficient (Wildman–Crippen LogP) is 2.80. The van der Waals surface area contributed by atoms with Crippen molar-refractivity contribution in [2.75, 3.05) is 18.4 Å². The molecule has 10 heteroatoms. The van der Waals surface area contributed by atoms with Crippen LogP contribution >= 0.6 is 15.9 Å². The normalized spacial score (nSPS) is 17.3. The minimum atomic E-state index is -0.767. The van der Waals surface area contributed by atoms with Gasteiger partial charge in [0.2, 0.25) is 5.91 Å². The number of anilines is 1. The largest absolute Gasteiger partial charge is 0.394 e. The lowest BCUT2D eigenvalue weighted by atomic mass is 9.95. The van der Waals surface area contributed by atoms with Crippen LogP contribution in [0.3, 0.4) is 0 Å². The van der Waals surface area contributed by atoms with Crippen molar-refractivity contribution in [3.63, 3.8) is 0 Å². The number of fused-ring (bicyclic) bond motifs is 1. The van der Waals surface area contributed by atoms with Gasteiger partial charge in [0.25, 0.3) is 5.56 Å². The Morgan fingerprint density at radius 1 is 1.09 bits per heavy atom. The minimum absolute atomic E-state index is 0.0574. The molecule has 4 rings (SSSR count). The first-order valence-electron chi connectivity index (χ1n) is 10.3. The van der Waals surface area contributed by atoms with E-state index in [2.05, 4.69) is 47.2 Å². The molecule has 1 unspecified atom stereocenters. The molecule has 0 saturated heterocycles. The van der Waals surface area contributed by atoms with Crippen molar-refractivity contribution in [2.24, 2.45) is 4.99 Å². The number of aromatic amines is 1. The summed E-state index contributed by atoms with van der Waals surface area (Å²) in [5.41, 5.74) is 2.85. The van der Waals surface area contributed by atoms with Gasteiger partial charge in [-0.2, -0.15) is 5.10 Å². The molecule has 2 aromatic carbocycles. The molecule has 0 bridgehead atoms. The molecular weight excluding hydrogens is 476 g/mol. The molecular formula is C22H23BrN6O3. The Balaban J connectivity index is 1.24. The van der Waals surface area contributed by atoms with Crippen molar-refractivity contribution in [1.29, 1.82) is 0 Å². The van der Waals surface area contributed by atoms with Crippen LogP contribution in [0.5, 0.6) is 0 Å². The molecule has 1 amide bonds. The van der Waals surface area contributed by atoms with Crippen LogP contribution in [-0.4, -0.2) is 35.6 Å². The second kappa shape index (κ2) is 9.92. The number of hydrogen-bond acceptors (Lipinski definition) is 7. The quantitative estimate of drug-likeness (QED) is 0.336. The van der Waals surface area contributed by atoms with Crippen molar-refractivity contribution in [3.8, 4) is 0 Å². The Morgan fingerprint density at radius 2 is 1.88 bits per heavy atom. The topological polar surface area (TPSA) is 120 Å². The van der Waals surface area contributed by atoms with Crippen molar-refractivity contribution in [3.05, 3.63) is 68.9 Å².